The van der Waals surface area contributed by atoms with Gasteiger partial charge in [-0.3, -0.25) is 4.79 Å². The van der Waals surface area contributed by atoms with Gasteiger partial charge in [-0.05, 0) is 12.1 Å². The zero-order valence-electron chi connectivity index (χ0n) is 8.47. The monoisotopic (exact) mass is 209 g/mol. The molecule has 0 saturated carbocycles. The number of allylic oxidation sites excluding steroid dienone is 2. The summed E-state index contributed by atoms with van der Waals surface area (Å²) >= 11 is 0. The van der Waals surface area contributed by atoms with Gasteiger partial charge in [-0.15, -0.1) is 0 Å². The molecule has 3 nitrogen and oxygen atoms in total. The smallest absolute Gasteiger partial charge is 0.254 e. The molecule has 3 rings (SSSR count). The number of para-hydroxylation sites is 1. The van der Waals surface area contributed by atoms with Crippen molar-refractivity contribution in [2.45, 2.75) is 6.04 Å². The minimum atomic E-state index is -0.162. The Kier molecular flexibility index (Phi) is 1.96. The topological polar surface area (TPSA) is 41.5 Å². The molecule has 3 heteroatoms. The molecule has 2 aliphatic rings. The minimum absolute atomic E-state index is 0.0901. The van der Waals surface area contributed by atoms with Crippen LogP contribution in [0.3, 0.4) is 0 Å². The summed E-state index contributed by atoms with van der Waals surface area (Å²) in [6.45, 7) is 0. The standard InChI is InChI=1S/C13H9N2O/c16-13-9-5-1-2-6-10(9)14-11-7-3-4-8-12(11)15-13/h1-6,8,12H,(H,15,16). The number of amides is 1. The van der Waals surface area contributed by atoms with Crippen molar-refractivity contribution >= 4 is 17.3 Å². The van der Waals surface area contributed by atoms with E-state index in [0.29, 0.717) is 11.3 Å². The van der Waals surface area contributed by atoms with Crippen molar-refractivity contribution in [1.29, 1.82) is 0 Å². The number of aliphatic imine (C=N–C) groups is 1. The van der Waals surface area contributed by atoms with Gasteiger partial charge >= 0.3 is 0 Å². The summed E-state index contributed by atoms with van der Waals surface area (Å²) in [5.74, 6) is -0.0901. The second-order valence-corrected chi connectivity index (χ2v) is 3.66. The first-order valence-electron chi connectivity index (χ1n) is 5.09. The molecular formula is C13H9N2O. The van der Waals surface area contributed by atoms with Crippen LogP contribution in [0.5, 0.6) is 0 Å². The first-order chi connectivity index (χ1) is 7.84. The molecule has 1 N–H and O–H groups in total. The van der Waals surface area contributed by atoms with E-state index in [9.17, 15) is 4.79 Å². The Morgan fingerprint density at radius 2 is 2.19 bits per heavy atom. The van der Waals surface area contributed by atoms with Gasteiger partial charge in [0.25, 0.3) is 5.91 Å². The van der Waals surface area contributed by atoms with Crippen LogP contribution in [0, 0.1) is 6.08 Å². The lowest BCUT2D eigenvalue weighted by atomic mass is 10.1. The fraction of sp³-hybridized carbons (Fsp3) is 0.0769. The van der Waals surface area contributed by atoms with Crippen LogP contribution in [0.15, 0.2) is 47.5 Å². The van der Waals surface area contributed by atoms with Crippen LogP contribution in [-0.4, -0.2) is 17.7 Å². The summed E-state index contributed by atoms with van der Waals surface area (Å²) in [5, 5.41) is 2.90. The SMILES string of the molecule is O=C1NC2C=CC=[C]C2=Nc2ccccc21. The van der Waals surface area contributed by atoms with Gasteiger partial charge in [-0.25, -0.2) is 4.99 Å². The molecule has 1 radical (unpaired) electrons. The fourth-order valence-corrected chi connectivity index (χ4v) is 1.81. The molecule has 1 aliphatic heterocycles. The van der Waals surface area contributed by atoms with Gasteiger partial charge in [0.1, 0.15) is 0 Å². The molecule has 0 aromatic heterocycles. The molecule has 1 amide bonds. The summed E-state index contributed by atoms with van der Waals surface area (Å²) < 4.78 is 0. The van der Waals surface area contributed by atoms with Crippen LogP contribution in [0.2, 0.25) is 0 Å². The van der Waals surface area contributed by atoms with E-state index >= 15 is 0 Å². The van der Waals surface area contributed by atoms with E-state index in [4.69, 9.17) is 0 Å². The van der Waals surface area contributed by atoms with Gasteiger partial charge in [-0.2, -0.15) is 0 Å². The molecule has 0 bridgehead atoms. The van der Waals surface area contributed by atoms with Crippen LogP contribution in [0.1, 0.15) is 10.4 Å². The lowest BCUT2D eigenvalue weighted by Crippen LogP contribution is -2.38. The van der Waals surface area contributed by atoms with Gasteiger partial charge in [-0.1, -0.05) is 30.4 Å². The molecular weight excluding hydrogens is 200 g/mol. The maximum atomic E-state index is 11.9. The quantitative estimate of drug-likeness (QED) is 0.695. The number of fused-ring (bicyclic) bond motifs is 2. The second-order valence-electron chi connectivity index (χ2n) is 3.66. The van der Waals surface area contributed by atoms with Crippen molar-refractivity contribution in [3.05, 3.63) is 54.1 Å². The van der Waals surface area contributed by atoms with Gasteiger partial charge < -0.3 is 5.32 Å². The molecule has 1 aromatic carbocycles. The highest BCUT2D eigenvalue weighted by Gasteiger charge is 2.22. The van der Waals surface area contributed by atoms with E-state index in [1.165, 1.54) is 0 Å². The lowest BCUT2D eigenvalue weighted by molar-refractivity contribution is 0.0954. The molecule has 0 saturated heterocycles. The summed E-state index contributed by atoms with van der Waals surface area (Å²) in [6, 6.07) is 7.16. The highest BCUT2D eigenvalue weighted by Crippen LogP contribution is 2.23. The second kappa shape index (κ2) is 3.45. The van der Waals surface area contributed by atoms with E-state index in [1.54, 1.807) is 12.1 Å². The Bertz CT molecular complexity index is 541. The molecule has 0 spiro atoms. The predicted octanol–water partition coefficient (Wildman–Crippen LogP) is 1.80. The highest BCUT2D eigenvalue weighted by molar-refractivity contribution is 6.09. The van der Waals surface area contributed by atoms with Gasteiger partial charge in [0, 0.05) is 6.08 Å². The summed E-state index contributed by atoms with van der Waals surface area (Å²) in [6.07, 6.45) is 8.61. The number of carbonyl (C=O) groups is 1. The van der Waals surface area contributed by atoms with E-state index in [0.717, 1.165) is 5.71 Å². The van der Waals surface area contributed by atoms with Crippen molar-refractivity contribution in [3.63, 3.8) is 0 Å². The molecule has 1 aromatic rings. The molecule has 77 valence electrons. The van der Waals surface area contributed by atoms with E-state index in [-0.39, 0.29) is 11.9 Å². The number of hydrogen-bond donors (Lipinski definition) is 1. The summed E-state index contributed by atoms with van der Waals surface area (Å²) in [4.78, 5) is 16.4. The number of nitrogens with one attached hydrogen (secondary N) is 1. The highest BCUT2D eigenvalue weighted by atomic mass is 16.1. The summed E-state index contributed by atoms with van der Waals surface area (Å²) in [7, 11) is 0. The molecule has 1 heterocycles. The van der Waals surface area contributed by atoms with Gasteiger partial charge in [0.05, 0.1) is 23.0 Å². The van der Waals surface area contributed by atoms with Crippen molar-refractivity contribution in [3.8, 4) is 0 Å². The number of hydrogen-bond acceptors (Lipinski definition) is 2. The van der Waals surface area contributed by atoms with Crippen LogP contribution >= 0.6 is 0 Å². The van der Waals surface area contributed by atoms with Gasteiger partial charge in [0.2, 0.25) is 0 Å². The number of carbonyl (C=O) groups excluding carboxylic acids is 1. The maximum absolute atomic E-state index is 11.9. The Balaban J connectivity index is 2.16. The third-order valence-corrected chi connectivity index (χ3v) is 2.60. The molecule has 1 unspecified atom stereocenters. The van der Waals surface area contributed by atoms with Crippen LogP contribution in [0.25, 0.3) is 0 Å². The van der Waals surface area contributed by atoms with Gasteiger partial charge in [0.15, 0.2) is 0 Å². The van der Waals surface area contributed by atoms with Crippen LogP contribution < -0.4 is 5.32 Å². The molecule has 1 atom stereocenters. The molecule has 0 fully saturated rings. The van der Waals surface area contributed by atoms with E-state index < -0.39 is 0 Å². The first-order valence-corrected chi connectivity index (χ1v) is 5.09. The third kappa shape index (κ3) is 1.37. The Labute approximate surface area is 93.2 Å². The molecule has 1 aliphatic carbocycles. The average molecular weight is 209 g/mol. The van der Waals surface area contributed by atoms with E-state index in [1.807, 2.05) is 30.4 Å². The number of benzene rings is 1. The third-order valence-electron chi connectivity index (χ3n) is 2.60. The fourth-order valence-electron chi connectivity index (χ4n) is 1.81. The Hall–Kier alpha value is -2.16. The Morgan fingerprint density at radius 1 is 1.31 bits per heavy atom. The minimum Gasteiger partial charge on any atom is -0.340 e. The normalized spacial score (nSPS) is 21.6. The zero-order valence-corrected chi connectivity index (χ0v) is 8.47. The van der Waals surface area contributed by atoms with Crippen molar-refractivity contribution in [2.24, 2.45) is 4.99 Å². The van der Waals surface area contributed by atoms with Crippen molar-refractivity contribution in [1.82, 2.24) is 5.32 Å². The Morgan fingerprint density at radius 3 is 3.12 bits per heavy atom. The van der Waals surface area contributed by atoms with Crippen molar-refractivity contribution in [2.75, 3.05) is 0 Å². The first kappa shape index (κ1) is 9.09. The van der Waals surface area contributed by atoms with Crippen LogP contribution in [0.4, 0.5) is 5.69 Å². The average Bonchev–Trinajstić information content (AvgIpc) is 2.45. The summed E-state index contributed by atoms with van der Waals surface area (Å²) in [5.41, 5.74) is 2.06. The van der Waals surface area contributed by atoms with Crippen molar-refractivity contribution < 1.29 is 4.79 Å². The largest absolute Gasteiger partial charge is 0.340 e. The lowest BCUT2D eigenvalue weighted by Gasteiger charge is -2.13. The maximum Gasteiger partial charge on any atom is 0.254 e. The van der Waals surface area contributed by atoms with E-state index in [2.05, 4.69) is 16.4 Å². The molecule has 16 heavy (non-hydrogen) atoms. The zero-order chi connectivity index (χ0) is 11.0. The number of nitrogens with zero attached hydrogens (tertiary/aromatic N) is 1. The number of rotatable bonds is 0. The van der Waals surface area contributed by atoms with Crippen LogP contribution in [-0.2, 0) is 0 Å². The predicted molar refractivity (Wildman–Crippen MR) is 61.7 cm³/mol.